The third kappa shape index (κ3) is 3.81. The second-order valence-corrected chi connectivity index (χ2v) is 5.37. The number of carbonyl (C=O) groups is 1. The maximum absolute atomic E-state index is 13.0. The van der Waals surface area contributed by atoms with Gasteiger partial charge in [0, 0.05) is 15.9 Å². The number of amides is 1. The Morgan fingerprint density at radius 3 is 2.74 bits per heavy atom. The zero-order chi connectivity index (χ0) is 13.8. The normalized spacial score (nSPS) is 10.3. The van der Waals surface area contributed by atoms with Gasteiger partial charge < -0.3 is 5.32 Å². The van der Waals surface area contributed by atoms with Gasteiger partial charge in [-0.25, -0.2) is 4.39 Å². The first kappa shape index (κ1) is 14.1. The van der Waals surface area contributed by atoms with Crippen molar-refractivity contribution in [3.63, 3.8) is 0 Å². The molecule has 0 atom stereocenters. The van der Waals surface area contributed by atoms with E-state index in [1.54, 1.807) is 30.3 Å². The van der Waals surface area contributed by atoms with E-state index in [2.05, 4.69) is 33.9 Å². The molecule has 2 nitrogen and oxygen atoms in total. The van der Waals surface area contributed by atoms with Gasteiger partial charge in [0.25, 0.3) is 5.91 Å². The van der Waals surface area contributed by atoms with Gasteiger partial charge in [0.2, 0.25) is 0 Å². The number of thiol groups is 1. The summed E-state index contributed by atoms with van der Waals surface area (Å²) in [6.07, 6.45) is 0. The predicted octanol–water partition coefficient (Wildman–Crippen LogP) is 3.81. The molecule has 2 aromatic rings. The van der Waals surface area contributed by atoms with E-state index >= 15 is 0 Å². The number of hydrogen-bond donors (Lipinski definition) is 2. The maximum Gasteiger partial charge on any atom is 0.252 e. The van der Waals surface area contributed by atoms with Gasteiger partial charge in [0.1, 0.15) is 5.82 Å². The average molecular weight is 340 g/mol. The molecule has 0 radical (unpaired) electrons. The molecule has 0 aromatic heterocycles. The molecule has 19 heavy (non-hydrogen) atoms. The number of halogens is 2. The van der Waals surface area contributed by atoms with E-state index in [1.165, 1.54) is 12.1 Å². The molecule has 0 heterocycles. The molecule has 0 unspecified atom stereocenters. The third-order valence-corrected chi connectivity index (χ3v) is 3.41. The predicted molar refractivity (Wildman–Crippen MR) is 79.0 cm³/mol. The number of nitrogens with one attached hydrogen (secondary N) is 1. The second-order valence-electron chi connectivity index (χ2n) is 3.97. The lowest BCUT2D eigenvalue weighted by molar-refractivity contribution is 0.0948. The molecule has 0 aliphatic heterocycles. The van der Waals surface area contributed by atoms with E-state index in [-0.39, 0.29) is 18.3 Å². The topological polar surface area (TPSA) is 29.1 Å². The van der Waals surface area contributed by atoms with Crippen LogP contribution in [0, 0.1) is 5.82 Å². The Kier molecular flexibility index (Phi) is 4.61. The minimum absolute atomic E-state index is 0.234. The van der Waals surface area contributed by atoms with Crippen LogP contribution in [-0.4, -0.2) is 5.91 Å². The lowest BCUT2D eigenvalue weighted by Crippen LogP contribution is -2.23. The molecule has 5 heteroatoms. The van der Waals surface area contributed by atoms with Crippen molar-refractivity contribution < 1.29 is 9.18 Å². The fourth-order valence-electron chi connectivity index (χ4n) is 1.62. The standard InChI is InChI=1S/C14H11BrFNOS/c15-10-4-5-12(13(19)7-10)14(18)17-8-9-2-1-3-11(16)6-9/h1-7,19H,8H2,(H,17,18). The summed E-state index contributed by atoms with van der Waals surface area (Å²) in [5, 5.41) is 2.73. The molecule has 2 aromatic carbocycles. The monoisotopic (exact) mass is 339 g/mol. The Hall–Kier alpha value is -1.33. The van der Waals surface area contributed by atoms with E-state index < -0.39 is 0 Å². The quantitative estimate of drug-likeness (QED) is 0.818. The highest BCUT2D eigenvalue weighted by Crippen LogP contribution is 2.19. The van der Waals surface area contributed by atoms with E-state index in [1.807, 2.05) is 0 Å². The molecule has 98 valence electrons. The van der Waals surface area contributed by atoms with Gasteiger partial charge in [-0.2, -0.15) is 0 Å². The van der Waals surface area contributed by atoms with Gasteiger partial charge in [-0.3, -0.25) is 4.79 Å². The van der Waals surface area contributed by atoms with Gasteiger partial charge in [0.15, 0.2) is 0 Å². The molecular formula is C14H11BrFNOS. The van der Waals surface area contributed by atoms with Crippen LogP contribution in [0.2, 0.25) is 0 Å². The molecule has 0 bridgehead atoms. The van der Waals surface area contributed by atoms with Crippen molar-refractivity contribution in [3.8, 4) is 0 Å². The van der Waals surface area contributed by atoms with Gasteiger partial charge in [-0.15, -0.1) is 12.6 Å². The Balaban J connectivity index is 2.05. The molecule has 0 aliphatic rings. The summed E-state index contributed by atoms with van der Waals surface area (Å²) < 4.78 is 13.9. The zero-order valence-electron chi connectivity index (χ0n) is 9.86. The Morgan fingerprint density at radius 1 is 1.26 bits per heavy atom. The van der Waals surface area contributed by atoms with Crippen molar-refractivity contribution in [3.05, 3.63) is 63.9 Å². The van der Waals surface area contributed by atoms with Crippen molar-refractivity contribution in [1.82, 2.24) is 5.32 Å². The lowest BCUT2D eigenvalue weighted by atomic mass is 10.2. The number of benzene rings is 2. The van der Waals surface area contributed by atoms with Crippen LogP contribution in [0.3, 0.4) is 0 Å². The minimum atomic E-state index is -0.315. The van der Waals surface area contributed by atoms with Crippen molar-refractivity contribution in [2.45, 2.75) is 11.4 Å². The van der Waals surface area contributed by atoms with E-state index in [0.717, 1.165) is 4.47 Å². The largest absolute Gasteiger partial charge is 0.348 e. The molecule has 0 spiro atoms. The molecule has 0 saturated carbocycles. The summed E-state index contributed by atoms with van der Waals surface area (Å²) in [5.74, 6) is -0.549. The molecule has 0 saturated heterocycles. The van der Waals surface area contributed by atoms with Crippen molar-refractivity contribution >= 4 is 34.5 Å². The van der Waals surface area contributed by atoms with Crippen LogP contribution in [-0.2, 0) is 6.54 Å². The summed E-state index contributed by atoms with van der Waals surface area (Å²) >= 11 is 7.56. The molecule has 1 N–H and O–H groups in total. The van der Waals surface area contributed by atoms with Crippen LogP contribution in [0.5, 0.6) is 0 Å². The summed E-state index contributed by atoms with van der Waals surface area (Å²) in [5.41, 5.74) is 1.20. The van der Waals surface area contributed by atoms with Crippen molar-refractivity contribution in [1.29, 1.82) is 0 Å². The Bertz CT molecular complexity index is 618. The molecule has 0 fully saturated rings. The zero-order valence-corrected chi connectivity index (χ0v) is 12.3. The molecular weight excluding hydrogens is 329 g/mol. The summed E-state index contributed by atoms with van der Waals surface area (Å²) in [4.78, 5) is 12.6. The van der Waals surface area contributed by atoms with Crippen LogP contribution < -0.4 is 5.32 Å². The van der Waals surface area contributed by atoms with E-state index in [0.29, 0.717) is 16.0 Å². The van der Waals surface area contributed by atoms with Crippen molar-refractivity contribution in [2.24, 2.45) is 0 Å². The van der Waals surface area contributed by atoms with Crippen LogP contribution >= 0.6 is 28.6 Å². The van der Waals surface area contributed by atoms with Crippen LogP contribution in [0.15, 0.2) is 51.8 Å². The number of rotatable bonds is 3. The second kappa shape index (κ2) is 6.21. The summed E-state index contributed by atoms with van der Waals surface area (Å²) in [6, 6.07) is 11.3. The van der Waals surface area contributed by atoms with Crippen LogP contribution in [0.25, 0.3) is 0 Å². The fraction of sp³-hybridized carbons (Fsp3) is 0.0714. The Labute approximate surface area is 124 Å². The van der Waals surface area contributed by atoms with E-state index in [4.69, 9.17) is 0 Å². The van der Waals surface area contributed by atoms with Gasteiger partial charge in [-0.05, 0) is 35.9 Å². The minimum Gasteiger partial charge on any atom is -0.348 e. The first-order valence-electron chi connectivity index (χ1n) is 5.57. The number of carbonyl (C=O) groups excluding carboxylic acids is 1. The maximum atomic E-state index is 13.0. The molecule has 1 amide bonds. The molecule has 2 rings (SSSR count). The SMILES string of the molecule is O=C(NCc1cccc(F)c1)c1ccc(Br)cc1S. The fourth-order valence-corrected chi connectivity index (χ4v) is 2.47. The summed E-state index contributed by atoms with van der Waals surface area (Å²) in [6.45, 7) is 0.278. The summed E-state index contributed by atoms with van der Waals surface area (Å²) in [7, 11) is 0. The highest BCUT2D eigenvalue weighted by molar-refractivity contribution is 9.10. The average Bonchev–Trinajstić information content (AvgIpc) is 2.36. The lowest BCUT2D eigenvalue weighted by Gasteiger charge is -2.07. The van der Waals surface area contributed by atoms with Crippen molar-refractivity contribution in [2.75, 3.05) is 0 Å². The van der Waals surface area contributed by atoms with Gasteiger partial charge in [0.05, 0.1) is 5.56 Å². The van der Waals surface area contributed by atoms with Gasteiger partial charge >= 0.3 is 0 Å². The molecule has 0 aliphatic carbocycles. The van der Waals surface area contributed by atoms with Crippen LogP contribution in [0.4, 0.5) is 4.39 Å². The third-order valence-electron chi connectivity index (χ3n) is 2.55. The Morgan fingerprint density at radius 2 is 2.05 bits per heavy atom. The smallest absolute Gasteiger partial charge is 0.252 e. The highest BCUT2D eigenvalue weighted by Gasteiger charge is 2.09. The van der Waals surface area contributed by atoms with E-state index in [9.17, 15) is 9.18 Å². The van der Waals surface area contributed by atoms with Gasteiger partial charge in [-0.1, -0.05) is 28.1 Å². The van der Waals surface area contributed by atoms with Crippen LogP contribution in [0.1, 0.15) is 15.9 Å². The first-order valence-corrected chi connectivity index (χ1v) is 6.81. The highest BCUT2D eigenvalue weighted by atomic mass is 79.9. The first-order chi connectivity index (χ1) is 9.06. The number of hydrogen-bond acceptors (Lipinski definition) is 2.